The predicted octanol–water partition coefficient (Wildman–Crippen LogP) is 3.99. The zero-order valence-corrected chi connectivity index (χ0v) is 21.0. The topological polar surface area (TPSA) is 66.0 Å². The van der Waals surface area contributed by atoms with Crippen molar-refractivity contribution in [3.63, 3.8) is 0 Å². The van der Waals surface area contributed by atoms with Crippen LogP contribution < -0.4 is 10.6 Å². The van der Waals surface area contributed by atoms with Gasteiger partial charge in [-0.15, -0.1) is 24.0 Å². The number of carbonyl (C=O) groups is 1. The molecule has 1 amide bonds. The SMILES string of the molecule is CCNC(=NCC(OC)c1cccc(Cl)c1)NC1CCN(C(=O)C2CCCC2)C1.I. The van der Waals surface area contributed by atoms with Crippen LogP contribution in [0.4, 0.5) is 0 Å². The van der Waals surface area contributed by atoms with Crippen molar-refractivity contribution in [2.75, 3.05) is 33.3 Å². The maximum atomic E-state index is 12.7. The normalized spacial score (nSPS) is 20.7. The first-order chi connectivity index (χ1) is 14.1. The van der Waals surface area contributed by atoms with Gasteiger partial charge in [0.05, 0.1) is 6.54 Å². The fourth-order valence-electron chi connectivity index (χ4n) is 4.22. The van der Waals surface area contributed by atoms with Crippen molar-refractivity contribution in [1.82, 2.24) is 15.5 Å². The Bertz CT molecular complexity index is 712. The molecule has 3 rings (SSSR count). The van der Waals surface area contributed by atoms with E-state index in [2.05, 4.69) is 10.6 Å². The number of methoxy groups -OCH3 is 1. The molecule has 2 atom stereocenters. The summed E-state index contributed by atoms with van der Waals surface area (Å²) >= 11 is 6.11. The van der Waals surface area contributed by atoms with Crippen molar-refractivity contribution >= 4 is 47.4 Å². The van der Waals surface area contributed by atoms with Gasteiger partial charge in [0.2, 0.25) is 5.91 Å². The number of likely N-dealkylation sites (tertiary alicyclic amines) is 1. The fraction of sp³-hybridized carbons (Fsp3) is 0.636. The standard InChI is InChI=1S/C22H33ClN4O2.HI/c1-3-24-22(25-14-20(29-2)17-9-6-10-18(23)13-17)26-19-11-12-27(15-19)21(28)16-7-4-5-8-16;/h6,9-10,13,16,19-20H,3-5,7-8,11-12,14-15H2,1-2H3,(H2,24,25,26);1H. The fourth-order valence-corrected chi connectivity index (χ4v) is 4.42. The number of benzene rings is 1. The number of carbonyl (C=O) groups excluding carboxylic acids is 1. The van der Waals surface area contributed by atoms with Crippen LogP contribution in [0.2, 0.25) is 5.02 Å². The quantitative estimate of drug-likeness (QED) is 0.307. The molecule has 2 fully saturated rings. The van der Waals surface area contributed by atoms with Crippen LogP contribution in [-0.2, 0) is 9.53 Å². The van der Waals surface area contributed by atoms with E-state index in [1.54, 1.807) is 7.11 Å². The Hall–Kier alpha value is -1.06. The Morgan fingerprint density at radius 1 is 1.33 bits per heavy atom. The van der Waals surface area contributed by atoms with Crippen LogP contribution in [0.25, 0.3) is 0 Å². The minimum Gasteiger partial charge on any atom is -0.375 e. The van der Waals surface area contributed by atoms with E-state index in [4.69, 9.17) is 21.3 Å². The highest BCUT2D eigenvalue weighted by molar-refractivity contribution is 14.0. The predicted molar refractivity (Wildman–Crippen MR) is 133 cm³/mol. The van der Waals surface area contributed by atoms with E-state index in [9.17, 15) is 4.79 Å². The number of rotatable bonds is 7. The monoisotopic (exact) mass is 548 g/mol. The lowest BCUT2D eigenvalue weighted by atomic mass is 10.1. The summed E-state index contributed by atoms with van der Waals surface area (Å²) < 4.78 is 5.62. The Kier molecular flexibility index (Phi) is 10.7. The number of halogens is 2. The maximum absolute atomic E-state index is 12.7. The van der Waals surface area contributed by atoms with Gasteiger partial charge in [0.15, 0.2) is 5.96 Å². The van der Waals surface area contributed by atoms with Crippen molar-refractivity contribution in [3.8, 4) is 0 Å². The highest BCUT2D eigenvalue weighted by Crippen LogP contribution is 2.28. The molecule has 1 heterocycles. The lowest BCUT2D eigenvalue weighted by Gasteiger charge is -2.22. The molecule has 2 unspecified atom stereocenters. The largest absolute Gasteiger partial charge is 0.375 e. The van der Waals surface area contributed by atoms with Gasteiger partial charge in [-0.3, -0.25) is 9.79 Å². The van der Waals surface area contributed by atoms with Gasteiger partial charge < -0.3 is 20.3 Å². The van der Waals surface area contributed by atoms with E-state index in [0.717, 1.165) is 50.4 Å². The average Bonchev–Trinajstić information content (AvgIpc) is 3.40. The summed E-state index contributed by atoms with van der Waals surface area (Å²) in [5.74, 6) is 1.35. The van der Waals surface area contributed by atoms with Gasteiger partial charge in [-0.25, -0.2) is 0 Å². The van der Waals surface area contributed by atoms with Gasteiger partial charge in [0.25, 0.3) is 0 Å². The Labute approximate surface area is 202 Å². The summed E-state index contributed by atoms with van der Waals surface area (Å²) in [6.07, 6.45) is 5.28. The van der Waals surface area contributed by atoms with E-state index >= 15 is 0 Å². The molecule has 0 spiro atoms. The number of nitrogens with zero attached hydrogens (tertiary/aromatic N) is 2. The molecule has 168 valence electrons. The summed E-state index contributed by atoms with van der Waals surface area (Å²) in [6, 6.07) is 7.91. The molecule has 2 aliphatic rings. The molecular weight excluding hydrogens is 515 g/mol. The van der Waals surface area contributed by atoms with Crippen molar-refractivity contribution in [1.29, 1.82) is 0 Å². The molecule has 2 N–H and O–H groups in total. The van der Waals surface area contributed by atoms with Gasteiger partial charge in [-0.2, -0.15) is 0 Å². The zero-order chi connectivity index (χ0) is 20.6. The van der Waals surface area contributed by atoms with Gasteiger partial charge in [0, 0.05) is 43.7 Å². The molecule has 1 saturated heterocycles. The van der Waals surface area contributed by atoms with Crippen LogP contribution in [0.15, 0.2) is 29.3 Å². The molecule has 0 bridgehead atoms. The van der Waals surface area contributed by atoms with Gasteiger partial charge >= 0.3 is 0 Å². The smallest absolute Gasteiger partial charge is 0.225 e. The summed E-state index contributed by atoms with van der Waals surface area (Å²) in [7, 11) is 1.69. The number of ether oxygens (including phenoxy) is 1. The van der Waals surface area contributed by atoms with Gasteiger partial charge in [-0.1, -0.05) is 36.6 Å². The summed E-state index contributed by atoms with van der Waals surface area (Å²) in [5.41, 5.74) is 1.01. The average molecular weight is 549 g/mol. The minimum absolute atomic E-state index is 0. The molecule has 1 aliphatic heterocycles. The van der Waals surface area contributed by atoms with Crippen LogP contribution in [0.5, 0.6) is 0 Å². The minimum atomic E-state index is -0.159. The number of amides is 1. The maximum Gasteiger partial charge on any atom is 0.225 e. The highest BCUT2D eigenvalue weighted by Gasteiger charge is 2.32. The molecule has 0 aromatic heterocycles. The zero-order valence-electron chi connectivity index (χ0n) is 17.9. The number of nitrogens with one attached hydrogen (secondary N) is 2. The summed E-state index contributed by atoms with van der Waals surface area (Å²) in [5, 5.41) is 7.49. The van der Waals surface area contributed by atoms with Crippen molar-refractivity contribution in [2.24, 2.45) is 10.9 Å². The van der Waals surface area contributed by atoms with Crippen LogP contribution >= 0.6 is 35.6 Å². The second-order valence-electron chi connectivity index (χ2n) is 7.89. The molecule has 1 aromatic carbocycles. The van der Waals surface area contributed by atoms with Gasteiger partial charge in [0.1, 0.15) is 6.10 Å². The lowest BCUT2D eigenvalue weighted by Crippen LogP contribution is -2.45. The van der Waals surface area contributed by atoms with E-state index in [-0.39, 0.29) is 42.0 Å². The number of hydrogen-bond acceptors (Lipinski definition) is 3. The molecule has 0 radical (unpaired) electrons. The van der Waals surface area contributed by atoms with Crippen molar-refractivity contribution < 1.29 is 9.53 Å². The first kappa shape index (κ1) is 25.2. The molecule has 6 nitrogen and oxygen atoms in total. The first-order valence-corrected chi connectivity index (χ1v) is 11.1. The summed E-state index contributed by atoms with van der Waals surface area (Å²) in [6.45, 7) is 4.89. The van der Waals surface area contributed by atoms with Crippen molar-refractivity contribution in [2.45, 2.75) is 51.2 Å². The Morgan fingerprint density at radius 2 is 2.10 bits per heavy atom. The molecule has 30 heavy (non-hydrogen) atoms. The van der Waals surface area contributed by atoms with Crippen LogP contribution in [-0.4, -0.2) is 56.1 Å². The van der Waals surface area contributed by atoms with E-state index < -0.39 is 0 Å². The first-order valence-electron chi connectivity index (χ1n) is 10.7. The molecule has 1 aliphatic carbocycles. The number of hydrogen-bond donors (Lipinski definition) is 2. The Morgan fingerprint density at radius 3 is 2.77 bits per heavy atom. The molecular formula is C22H34ClIN4O2. The highest BCUT2D eigenvalue weighted by atomic mass is 127. The van der Waals surface area contributed by atoms with E-state index in [1.165, 1.54) is 12.8 Å². The van der Waals surface area contributed by atoms with Gasteiger partial charge in [-0.05, 0) is 43.9 Å². The van der Waals surface area contributed by atoms with Crippen LogP contribution in [0.1, 0.15) is 50.7 Å². The summed E-state index contributed by atoms with van der Waals surface area (Å²) in [4.78, 5) is 19.4. The third kappa shape index (κ3) is 6.99. The van der Waals surface area contributed by atoms with Crippen LogP contribution in [0.3, 0.4) is 0 Å². The van der Waals surface area contributed by atoms with Crippen molar-refractivity contribution in [3.05, 3.63) is 34.9 Å². The molecule has 8 heteroatoms. The van der Waals surface area contributed by atoms with E-state index in [0.29, 0.717) is 17.5 Å². The molecule has 1 aromatic rings. The third-order valence-electron chi connectivity index (χ3n) is 5.81. The third-order valence-corrected chi connectivity index (χ3v) is 6.04. The lowest BCUT2D eigenvalue weighted by molar-refractivity contribution is -0.134. The number of guanidine groups is 1. The molecule has 1 saturated carbocycles. The number of aliphatic imine (C=N–C) groups is 1. The van der Waals surface area contributed by atoms with E-state index in [1.807, 2.05) is 36.1 Å². The second kappa shape index (κ2) is 12.7. The Balaban J connectivity index is 0.00000320. The van der Waals surface area contributed by atoms with Crippen LogP contribution in [0, 0.1) is 5.92 Å². The second-order valence-corrected chi connectivity index (χ2v) is 8.33.